The van der Waals surface area contributed by atoms with Crippen molar-refractivity contribution in [3.63, 3.8) is 0 Å². The van der Waals surface area contributed by atoms with E-state index in [1.54, 1.807) is 0 Å². The highest BCUT2D eigenvalue weighted by Gasteiger charge is 2.23. The van der Waals surface area contributed by atoms with Gasteiger partial charge in [0.1, 0.15) is 5.78 Å². The molecule has 18 heavy (non-hydrogen) atoms. The third-order valence-electron chi connectivity index (χ3n) is 4.35. The molecule has 0 spiro atoms. The Morgan fingerprint density at radius 2 is 1.89 bits per heavy atom. The molecule has 1 fully saturated rings. The van der Waals surface area contributed by atoms with Crippen molar-refractivity contribution in [1.82, 2.24) is 0 Å². The highest BCUT2D eigenvalue weighted by atomic mass is 16.3. The highest BCUT2D eigenvalue weighted by molar-refractivity contribution is 5.78. The van der Waals surface area contributed by atoms with E-state index in [0.29, 0.717) is 18.1 Å². The van der Waals surface area contributed by atoms with Crippen molar-refractivity contribution in [3.05, 3.63) is 0 Å². The van der Waals surface area contributed by atoms with Gasteiger partial charge in [-0.3, -0.25) is 4.79 Å². The van der Waals surface area contributed by atoms with Gasteiger partial charge in [-0.05, 0) is 18.3 Å². The van der Waals surface area contributed by atoms with E-state index in [0.717, 1.165) is 12.8 Å². The number of carbonyl (C=O) groups is 1. The first kappa shape index (κ1) is 15.7. The molecule has 106 valence electrons. The molecule has 0 radical (unpaired) electrons. The van der Waals surface area contributed by atoms with Gasteiger partial charge < -0.3 is 5.11 Å². The van der Waals surface area contributed by atoms with Gasteiger partial charge in [-0.1, -0.05) is 58.3 Å². The molecule has 1 aliphatic rings. The van der Waals surface area contributed by atoms with Gasteiger partial charge in [-0.2, -0.15) is 0 Å². The van der Waals surface area contributed by atoms with E-state index >= 15 is 0 Å². The third-order valence-corrected chi connectivity index (χ3v) is 4.35. The van der Waals surface area contributed by atoms with Gasteiger partial charge in [0.2, 0.25) is 0 Å². The summed E-state index contributed by atoms with van der Waals surface area (Å²) in [6.07, 6.45) is 12.3. The Hall–Kier alpha value is -0.370. The Morgan fingerprint density at radius 3 is 2.61 bits per heavy atom. The van der Waals surface area contributed by atoms with Crippen LogP contribution in [0, 0.1) is 11.8 Å². The van der Waals surface area contributed by atoms with Crippen LogP contribution in [0.15, 0.2) is 0 Å². The van der Waals surface area contributed by atoms with E-state index in [-0.39, 0.29) is 12.5 Å². The van der Waals surface area contributed by atoms with E-state index in [4.69, 9.17) is 0 Å². The maximum Gasteiger partial charge on any atom is 0.133 e. The van der Waals surface area contributed by atoms with E-state index in [9.17, 15) is 9.90 Å². The lowest BCUT2D eigenvalue weighted by atomic mass is 9.80. The van der Waals surface area contributed by atoms with E-state index < -0.39 is 0 Å². The van der Waals surface area contributed by atoms with E-state index in [2.05, 4.69) is 6.92 Å². The first-order valence-electron chi connectivity index (χ1n) is 7.90. The van der Waals surface area contributed by atoms with Gasteiger partial charge in [-0.25, -0.2) is 0 Å². The summed E-state index contributed by atoms with van der Waals surface area (Å²) in [6, 6.07) is 0. The lowest BCUT2D eigenvalue weighted by Crippen LogP contribution is -2.23. The average molecular weight is 254 g/mol. The molecule has 1 N–H and O–H groups in total. The van der Waals surface area contributed by atoms with Crippen molar-refractivity contribution in [1.29, 1.82) is 0 Å². The van der Waals surface area contributed by atoms with Crippen LogP contribution >= 0.6 is 0 Å². The Bertz CT molecular complexity index is 223. The molecule has 0 aliphatic heterocycles. The molecule has 0 aromatic heterocycles. The summed E-state index contributed by atoms with van der Waals surface area (Å²) in [5, 5.41) is 9.56. The summed E-state index contributed by atoms with van der Waals surface area (Å²) in [5.74, 6) is 1.17. The molecule has 0 aromatic carbocycles. The van der Waals surface area contributed by atoms with Crippen LogP contribution in [0.25, 0.3) is 0 Å². The van der Waals surface area contributed by atoms with Gasteiger partial charge in [0.15, 0.2) is 0 Å². The van der Waals surface area contributed by atoms with Gasteiger partial charge in [0.25, 0.3) is 0 Å². The van der Waals surface area contributed by atoms with Crippen molar-refractivity contribution in [2.75, 3.05) is 6.61 Å². The molecule has 0 heterocycles. The predicted octanol–water partition coefficient (Wildman–Crippen LogP) is 4.10. The number of hydrogen-bond donors (Lipinski definition) is 1. The molecular formula is C16H30O2. The molecule has 1 rings (SSSR count). The van der Waals surface area contributed by atoms with Crippen LogP contribution in [-0.2, 0) is 4.79 Å². The molecule has 1 saturated carbocycles. The first-order chi connectivity index (χ1) is 8.77. The Balaban J connectivity index is 2.51. The lowest BCUT2D eigenvalue weighted by molar-refractivity contribution is -0.121. The second kappa shape index (κ2) is 9.55. The van der Waals surface area contributed by atoms with Crippen molar-refractivity contribution in [2.45, 2.75) is 77.6 Å². The lowest BCUT2D eigenvalue weighted by Gasteiger charge is -2.26. The number of hydrogen-bond acceptors (Lipinski definition) is 2. The maximum atomic E-state index is 11.8. The number of Topliss-reactive ketones (excluding diaryl/α,β-unsaturated/α-hetero) is 1. The SMILES string of the molecule is CCCCC[C@H]1CCCCCCC(=O)C[C@@H]1CO. The minimum absolute atomic E-state index is 0.197. The fourth-order valence-corrected chi connectivity index (χ4v) is 3.13. The zero-order valence-electron chi connectivity index (χ0n) is 12.0. The summed E-state index contributed by atoms with van der Waals surface area (Å²) < 4.78 is 0. The van der Waals surface area contributed by atoms with Crippen molar-refractivity contribution < 1.29 is 9.90 Å². The molecule has 2 heteroatoms. The largest absolute Gasteiger partial charge is 0.396 e. The van der Waals surface area contributed by atoms with Crippen molar-refractivity contribution >= 4 is 5.78 Å². The quantitative estimate of drug-likeness (QED) is 0.750. The van der Waals surface area contributed by atoms with Crippen molar-refractivity contribution in [2.24, 2.45) is 11.8 Å². The molecule has 0 saturated heterocycles. The monoisotopic (exact) mass is 254 g/mol. The number of ketones is 1. The normalized spacial score (nSPS) is 27.1. The molecule has 2 atom stereocenters. The highest BCUT2D eigenvalue weighted by Crippen LogP contribution is 2.29. The maximum absolute atomic E-state index is 11.8. The molecule has 0 unspecified atom stereocenters. The second-order valence-corrected chi connectivity index (χ2v) is 5.89. The van der Waals surface area contributed by atoms with Crippen LogP contribution in [0.3, 0.4) is 0 Å². The van der Waals surface area contributed by atoms with Crippen LogP contribution in [-0.4, -0.2) is 17.5 Å². The average Bonchev–Trinajstić information content (AvgIpc) is 2.38. The smallest absolute Gasteiger partial charge is 0.133 e. The van der Waals surface area contributed by atoms with Gasteiger partial charge >= 0.3 is 0 Å². The van der Waals surface area contributed by atoms with Crippen LogP contribution in [0.2, 0.25) is 0 Å². The molecule has 1 aliphatic carbocycles. The summed E-state index contributed by atoms with van der Waals surface area (Å²) >= 11 is 0. The van der Waals surface area contributed by atoms with Gasteiger partial charge in [-0.15, -0.1) is 0 Å². The summed E-state index contributed by atoms with van der Waals surface area (Å²) in [4.78, 5) is 11.8. The zero-order chi connectivity index (χ0) is 13.2. The summed E-state index contributed by atoms with van der Waals surface area (Å²) in [6.45, 7) is 2.42. The summed E-state index contributed by atoms with van der Waals surface area (Å²) in [7, 11) is 0. The molecular weight excluding hydrogens is 224 g/mol. The number of unbranched alkanes of at least 4 members (excludes halogenated alkanes) is 2. The Morgan fingerprint density at radius 1 is 1.11 bits per heavy atom. The number of rotatable bonds is 5. The Kier molecular flexibility index (Phi) is 8.32. The topological polar surface area (TPSA) is 37.3 Å². The number of aliphatic hydroxyl groups excluding tert-OH is 1. The van der Waals surface area contributed by atoms with Gasteiger partial charge in [0.05, 0.1) is 0 Å². The van der Waals surface area contributed by atoms with Crippen LogP contribution < -0.4 is 0 Å². The third kappa shape index (κ3) is 5.99. The standard InChI is InChI=1S/C16H30O2/c1-2-3-6-9-14-10-7-4-5-8-11-16(18)12-15(14)13-17/h14-15,17H,2-13H2,1H3/t14-,15+/m0/s1. The minimum Gasteiger partial charge on any atom is -0.396 e. The molecule has 0 bridgehead atoms. The second-order valence-electron chi connectivity index (χ2n) is 5.89. The van der Waals surface area contributed by atoms with Crippen LogP contribution in [0.4, 0.5) is 0 Å². The molecule has 2 nitrogen and oxygen atoms in total. The molecule has 0 amide bonds. The number of carbonyl (C=O) groups excluding carboxylic acids is 1. The van der Waals surface area contributed by atoms with Crippen LogP contribution in [0.1, 0.15) is 77.6 Å². The van der Waals surface area contributed by atoms with Gasteiger partial charge in [0, 0.05) is 19.4 Å². The van der Waals surface area contributed by atoms with Crippen molar-refractivity contribution in [3.8, 4) is 0 Å². The Labute approximate surface area is 112 Å². The minimum atomic E-state index is 0.197. The van der Waals surface area contributed by atoms with E-state index in [1.165, 1.54) is 51.4 Å². The molecule has 0 aromatic rings. The summed E-state index contributed by atoms with van der Waals surface area (Å²) in [5.41, 5.74) is 0. The first-order valence-corrected chi connectivity index (χ1v) is 7.90. The van der Waals surface area contributed by atoms with E-state index in [1.807, 2.05) is 0 Å². The predicted molar refractivity (Wildman–Crippen MR) is 75.5 cm³/mol. The fourth-order valence-electron chi connectivity index (χ4n) is 3.13. The van der Waals surface area contributed by atoms with Crippen LogP contribution in [0.5, 0.6) is 0 Å². The fraction of sp³-hybridized carbons (Fsp3) is 0.938. The zero-order valence-corrected chi connectivity index (χ0v) is 12.0. The number of aliphatic hydroxyl groups is 1.